The van der Waals surface area contributed by atoms with Crippen molar-refractivity contribution in [2.45, 2.75) is 27.7 Å². The zero-order valence-electron chi connectivity index (χ0n) is 11.2. The molecule has 0 saturated heterocycles. The lowest BCUT2D eigenvalue weighted by Gasteiger charge is -2.13. The maximum Gasteiger partial charge on any atom is 0.203 e. The van der Waals surface area contributed by atoms with Crippen molar-refractivity contribution in [1.29, 1.82) is 0 Å². The SMILES string of the molecule is CCOc1ccc2oc(C(=O)C(C)(C)C)cc2c1. The molecule has 1 heterocycles. The number of benzene rings is 1. The minimum Gasteiger partial charge on any atom is -0.494 e. The number of ketones is 1. The Morgan fingerprint density at radius 2 is 2.00 bits per heavy atom. The van der Waals surface area contributed by atoms with Gasteiger partial charge in [-0.05, 0) is 31.2 Å². The van der Waals surface area contributed by atoms with E-state index in [1.54, 1.807) is 6.07 Å². The van der Waals surface area contributed by atoms with Gasteiger partial charge in [0.2, 0.25) is 5.78 Å². The molecule has 0 radical (unpaired) electrons. The van der Waals surface area contributed by atoms with Crippen LogP contribution in [0.2, 0.25) is 0 Å². The van der Waals surface area contributed by atoms with Crippen molar-refractivity contribution in [2.24, 2.45) is 5.41 Å². The Hall–Kier alpha value is -1.77. The second-order valence-corrected chi connectivity index (χ2v) is 5.32. The van der Waals surface area contributed by atoms with Crippen molar-refractivity contribution in [2.75, 3.05) is 6.61 Å². The van der Waals surface area contributed by atoms with Crippen LogP contribution in [0.3, 0.4) is 0 Å². The first kappa shape index (κ1) is 12.7. The molecule has 3 heteroatoms. The summed E-state index contributed by atoms with van der Waals surface area (Å²) in [6.07, 6.45) is 0. The zero-order chi connectivity index (χ0) is 13.3. The molecule has 0 atom stereocenters. The van der Waals surface area contributed by atoms with E-state index in [-0.39, 0.29) is 5.78 Å². The van der Waals surface area contributed by atoms with E-state index in [1.807, 2.05) is 45.9 Å². The maximum absolute atomic E-state index is 12.1. The van der Waals surface area contributed by atoms with Crippen LogP contribution in [0.5, 0.6) is 5.75 Å². The molecule has 0 spiro atoms. The summed E-state index contributed by atoms with van der Waals surface area (Å²) in [5.74, 6) is 1.21. The van der Waals surface area contributed by atoms with Crippen molar-refractivity contribution in [1.82, 2.24) is 0 Å². The van der Waals surface area contributed by atoms with E-state index < -0.39 is 5.41 Å². The molecule has 2 rings (SSSR count). The molecule has 18 heavy (non-hydrogen) atoms. The first-order valence-corrected chi connectivity index (χ1v) is 6.13. The third-order valence-electron chi connectivity index (χ3n) is 2.70. The third-order valence-corrected chi connectivity index (χ3v) is 2.70. The van der Waals surface area contributed by atoms with Gasteiger partial charge >= 0.3 is 0 Å². The highest BCUT2D eigenvalue weighted by molar-refractivity contribution is 6.00. The van der Waals surface area contributed by atoms with E-state index >= 15 is 0 Å². The molecule has 0 aliphatic rings. The van der Waals surface area contributed by atoms with Gasteiger partial charge in [-0.2, -0.15) is 0 Å². The summed E-state index contributed by atoms with van der Waals surface area (Å²) in [6, 6.07) is 7.35. The van der Waals surface area contributed by atoms with Crippen molar-refractivity contribution in [3.8, 4) is 5.75 Å². The Labute approximate surface area is 107 Å². The van der Waals surface area contributed by atoms with Gasteiger partial charge in [-0.1, -0.05) is 20.8 Å². The van der Waals surface area contributed by atoms with Crippen LogP contribution in [-0.2, 0) is 0 Å². The Bertz CT molecular complexity index is 573. The summed E-state index contributed by atoms with van der Waals surface area (Å²) in [7, 11) is 0. The average Bonchev–Trinajstić information content (AvgIpc) is 2.70. The topological polar surface area (TPSA) is 39.4 Å². The normalized spacial score (nSPS) is 11.8. The molecule has 0 amide bonds. The second-order valence-electron chi connectivity index (χ2n) is 5.32. The predicted molar refractivity (Wildman–Crippen MR) is 71.2 cm³/mol. The van der Waals surface area contributed by atoms with Crippen LogP contribution in [0, 0.1) is 5.41 Å². The fourth-order valence-electron chi connectivity index (χ4n) is 1.76. The first-order valence-electron chi connectivity index (χ1n) is 6.13. The van der Waals surface area contributed by atoms with E-state index in [0.717, 1.165) is 11.1 Å². The molecular formula is C15H18O3. The maximum atomic E-state index is 12.1. The fourth-order valence-corrected chi connectivity index (χ4v) is 1.76. The molecule has 0 bridgehead atoms. The van der Waals surface area contributed by atoms with Crippen LogP contribution in [-0.4, -0.2) is 12.4 Å². The van der Waals surface area contributed by atoms with Gasteiger partial charge in [-0.25, -0.2) is 0 Å². The number of ether oxygens (including phenoxy) is 1. The molecule has 0 saturated carbocycles. The highest BCUT2D eigenvalue weighted by Crippen LogP contribution is 2.28. The van der Waals surface area contributed by atoms with Gasteiger partial charge < -0.3 is 9.15 Å². The Balaban J connectivity index is 2.41. The van der Waals surface area contributed by atoms with Crippen molar-refractivity contribution < 1.29 is 13.9 Å². The number of carbonyl (C=O) groups excluding carboxylic acids is 1. The van der Waals surface area contributed by atoms with E-state index in [1.165, 1.54) is 0 Å². The lowest BCUT2D eigenvalue weighted by atomic mass is 9.89. The first-order chi connectivity index (χ1) is 8.41. The number of rotatable bonds is 3. The fraction of sp³-hybridized carbons (Fsp3) is 0.400. The van der Waals surface area contributed by atoms with E-state index in [2.05, 4.69) is 0 Å². The standard InChI is InChI=1S/C15H18O3/c1-5-17-11-6-7-12-10(8-11)9-13(18-12)14(16)15(2,3)4/h6-9H,5H2,1-4H3. The largest absolute Gasteiger partial charge is 0.494 e. The molecule has 0 fully saturated rings. The van der Waals surface area contributed by atoms with Crippen LogP contribution in [0.4, 0.5) is 0 Å². The van der Waals surface area contributed by atoms with Crippen molar-refractivity contribution >= 4 is 16.8 Å². The minimum absolute atomic E-state index is 0.0108. The molecule has 96 valence electrons. The lowest BCUT2D eigenvalue weighted by molar-refractivity contribution is 0.0831. The summed E-state index contributed by atoms with van der Waals surface area (Å²) in [4.78, 5) is 12.1. The Kier molecular flexibility index (Phi) is 3.16. The summed E-state index contributed by atoms with van der Waals surface area (Å²) >= 11 is 0. The number of carbonyl (C=O) groups is 1. The predicted octanol–water partition coefficient (Wildman–Crippen LogP) is 4.06. The number of fused-ring (bicyclic) bond motifs is 1. The quantitative estimate of drug-likeness (QED) is 0.767. The summed E-state index contributed by atoms with van der Waals surface area (Å²) in [5.41, 5.74) is 0.280. The smallest absolute Gasteiger partial charge is 0.203 e. The van der Waals surface area contributed by atoms with Gasteiger partial charge in [0.1, 0.15) is 11.3 Å². The van der Waals surface area contributed by atoms with Crippen LogP contribution in [0.25, 0.3) is 11.0 Å². The molecule has 1 aromatic carbocycles. The number of hydrogen-bond acceptors (Lipinski definition) is 3. The lowest BCUT2D eigenvalue weighted by Crippen LogP contribution is -2.19. The average molecular weight is 246 g/mol. The van der Waals surface area contributed by atoms with E-state index in [9.17, 15) is 4.79 Å². The van der Waals surface area contributed by atoms with Gasteiger partial charge in [0, 0.05) is 10.8 Å². The Morgan fingerprint density at radius 1 is 1.28 bits per heavy atom. The third kappa shape index (κ3) is 2.40. The van der Waals surface area contributed by atoms with Crippen LogP contribution >= 0.6 is 0 Å². The molecule has 0 aliphatic heterocycles. The number of Topliss-reactive ketones (excluding diaryl/α,β-unsaturated/α-hetero) is 1. The highest BCUT2D eigenvalue weighted by Gasteiger charge is 2.26. The molecule has 3 nitrogen and oxygen atoms in total. The highest BCUT2D eigenvalue weighted by atomic mass is 16.5. The summed E-state index contributed by atoms with van der Waals surface area (Å²) < 4.78 is 11.0. The van der Waals surface area contributed by atoms with Gasteiger partial charge in [0.15, 0.2) is 5.76 Å². The van der Waals surface area contributed by atoms with Crippen LogP contribution in [0.15, 0.2) is 28.7 Å². The monoisotopic (exact) mass is 246 g/mol. The number of hydrogen-bond donors (Lipinski definition) is 0. The van der Waals surface area contributed by atoms with E-state index in [4.69, 9.17) is 9.15 Å². The summed E-state index contributed by atoms with van der Waals surface area (Å²) in [6.45, 7) is 8.21. The van der Waals surface area contributed by atoms with E-state index in [0.29, 0.717) is 18.0 Å². The van der Waals surface area contributed by atoms with Crippen molar-refractivity contribution in [3.05, 3.63) is 30.0 Å². The van der Waals surface area contributed by atoms with Crippen LogP contribution in [0.1, 0.15) is 38.2 Å². The minimum atomic E-state index is -0.434. The zero-order valence-corrected chi connectivity index (χ0v) is 11.2. The molecule has 0 N–H and O–H groups in total. The van der Waals surface area contributed by atoms with Gasteiger partial charge in [-0.15, -0.1) is 0 Å². The van der Waals surface area contributed by atoms with Crippen LogP contribution < -0.4 is 4.74 Å². The second kappa shape index (κ2) is 4.48. The molecule has 1 aromatic heterocycles. The van der Waals surface area contributed by atoms with Crippen molar-refractivity contribution in [3.63, 3.8) is 0 Å². The van der Waals surface area contributed by atoms with Gasteiger partial charge in [-0.3, -0.25) is 4.79 Å². The number of furan rings is 1. The molecule has 0 unspecified atom stereocenters. The molecule has 2 aromatic rings. The molecular weight excluding hydrogens is 228 g/mol. The summed E-state index contributed by atoms with van der Waals surface area (Å²) in [5, 5.41) is 0.897. The Morgan fingerprint density at radius 3 is 2.61 bits per heavy atom. The van der Waals surface area contributed by atoms with Gasteiger partial charge in [0.05, 0.1) is 6.61 Å². The van der Waals surface area contributed by atoms with Gasteiger partial charge in [0.25, 0.3) is 0 Å². The molecule has 0 aliphatic carbocycles.